The largest absolute Gasteiger partial charge is 0.457 e. The Balaban J connectivity index is 1.62. The second-order valence-electron chi connectivity index (χ2n) is 13.9. The van der Waals surface area contributed by atoms with Crippen LogP contribution in [0.5, 0.6) is 11.5 Å². The minimum Gasteiger partial charge on any atom is -0.457 e. The van der Waals surface area contributed by atoms with Gasteiger partial charge in [0.1, 0.15) is 11.5 Å². The Hall–Kier alpha value is -1.27. The molecule has 6 atom stereocenters. The molecule has 3 aliphatic carbocycles. The summed E-state index contributed by atoms with van der Waals surface area (Å²) in [4.78, 5) is 0. The lowest BCUT2D eigenvalue weighted by Crippen LogP contribution is -2.42. The second kappa shape index (κ2) is 10.6. The molecule has 0 N–H and O–H groups in total. The Morgan fingerprint density at radius 1 is 0.947 bits per heavy atom. The monoisotopic (exact) mass is 528 g/mol. The summed E-state index contributed by atoms with van der Waals surface area (Å²) in [5.74, 6) is 4.82. The van der Waals surface area contributed by atoms with Crippen LogP contribution >= 0.6 is 9.24 Å². The van der Waals surface area contributed by atoms with Gasteiger partial charge in [0.25, 0.3) is 0 Å². The van der Waals surface area contributed by atoms with Gasteiger partial charge >= 0.3 is 0 Å². The number of ether oxygens (including phenoxy) is 1. The van der Waals surface area contributed by atoms with Gasteiger partial charge in [0.15, 0.2) is 0 Å². The quantitative estimate of drug-likeness (QED) is 0.268. The van der Waals surface area contributed by atoms with Gasteiger partial charge in [-0.05, 0) is 125 Å². The Labute approximate surface area is 236 Å². The van der Waals surface area contributed by atoms with E-state index in [-0.39, 0.29) is 10.8 Å². The standard InChI is InChI=1S/C35H50BOP/c1-8-34(6)27(22(4)5)13-11-23-16-25(20-38)32(18-29(23)34)37-33-19-30-24(17-26(33)21(2)3)12-14-28-31(36)10-9-15-35(28,30)7/h16-19,21-22,27-28,31H,8-15,20,38H2,1-7H3. The summed E-state index contributed by atoms with van der Waals surface area (Å²) < 4.78 is 7.07. The van der Waals surface area contributed by atoms with Crippen molar-refractivity contribution in [2.24, 2.45) is 17.8 Å². The first-order valence-electron chi connectivity index (χ1n) is 15.5. The van der Waals surface area contributed by atoms with Crippen LogP contribution in [-0.2, 0) is 29.8 Å². The molecule has 204 valence electrons. The molecule has 2 radical (unpaired) electrons. The molecule has 3 aliphatic rings. The minimum absolute atomic E-state index is 0.156. The zero-order valence-electron chi connectivity index (χ0n) is 25.1. The molecule has 0 heterocycles. The van der Waals surface area contributed by atoms with Crippen LogP contribution in [0.4, 0.5) is 0 Å². The topological polar surface area (TPSA) is 9.23 Å². The third-order valence-electron chi connectivity index (χ3n) is 11.2. The van der Waals surface area contributed by atoms with Gasteiger partial charge in [0, 0.05) is 0 Å². The van der Waals surface area contributed by atoms with Crippen molar-refractivity contribution in [3.63, 3.8) is 0 Å². The van der Waals surface area contributed by atoms with Crippen molar-refractivity contribution in [1.82, 2.24) is 0 Å². The number of fused-ring (bicyclic) bond motifs is 4. The average molecular weight is 529 g/mol. The highest BCUT2D eigenvalue weighted by Crippen LogP contribution is 2.55. The maximum Gasteiger partial charge on any atom is 0.131 e. The number of hydrogen-bond donors (Lipinski definition) is 0. The van der Waals surface area contributed by atoms with Crippen LogP contribution < -0.4 is 4.74 Å². The van der Waals surface area contributed by atoms with Crippen LogP contribution in [0.3, 0.4) is 0 Å². The lowest BCUT2D eigenvalue weighted by atomic mass is 9.51. The van der Waals surface area contributed by atoms with E-state index in [0.717, 1.165) is 24.1 Å². The van der Waals surface area contributed by atoms with E-state index in [9.17, 15) is 0 Å². The van der Waals surface area contributed by atoms with Crippen LogP contribution in [0.2, 0.25) is 5.82 Å². The Kier molecular flexibility index (Phi) is 7.90. The first kappa shape index (κ1) is 28.3. The van der Waals surface area contributed by atoms with E-state index in [0.29, 0.717) is 29.5 Å². The SMILES string of the molecule is [B]C1CCCC2(C)c3cc(Oc4cc5c(cc4CP)CCC(C(C)C)C5(C)CC)c(C(C)C)cc3CCC12. The van der Waals surface area contributed by atoms with Gasteiger partial charge in [-0.25, -0.2) is 0 Å². The molecule has 1 saturated carbocycles. The molecule has 0 aliphatic heterocycles. The molecule has 2 aromatic carbocycles. The molecule has 6 unspecified atom stereocenters. The van der Waals surface area contributed by atoms with Crippen molar-refractivity contribution in [3.8, 4) is 11.5 Å². The van der Waals surface area contributed by atoms with Crippen LogP contribution in [-0.4, -0.2) is 7.85 Å². The fourth-order valence-electron chi connectivity index (χ4n) is 8.80. The summed E-state index contributed by atoms with van der Waals surface area (Å²) in [6.07, 6.45) is 10.5. The predicted molar refractivity (Wildman–Crippen MR) is 167 cm³/mol. The maximum absolute atomic E-state index is 7.07. The van der Waals surface area contributed by atoms with Crippen molar-refractivity contribution < 1.29 is 4.74 Å². The van der Waals surface area contributed by atoms with E-state index in [1.165, 1.54) is 78.3 Å². The highest BCUT2D eigenvalue weighted by molar-refractivity contribution is 7.15. The van der Waals surface area contributed by atoms with E-state index in [1.54, 1.807) is 0 Å². The Bertz CT molecular complexity index is 1180. The van der Waals surface area contributed by atoms with E-state index in [4.69, 9.17) is 12.6 Å². The predicted octanol–water partition coefficient (Wildman–Crippen LogP) is 9.82. The minimum atomic E-state index is 0.156. The normalized spacial score (nSPS) is 30.6. The van der Waals surface area contributed by atoms with E-state index in [2.05, 4.69) is 82.0 Å². The van der Waals surface area contributed by atoms with Crippen LogP contribution in [0.25, 0.3) is 0 Å². The summed E-state index contributed by atoms with van der Waals surface area (Å²) >= 11 is 0. The third kappa shape index (κ3) is 4.60. The molecule has 3 heteroatoms. The van der Waals surface area contributed by atoms with Crippen molar-refractivity contribution in [2.45, 2.75) is 129 Å². The number of benzene rings is 2. The molecular formula is C35H50BOP. The van der Waals surface area contributed by atoms with Crippen molar-refractivity contribution >= 4 is 17.1 Å². The van der Waals surface area contributed by atoms with Crippen LogP contribution in [0.15, 0.2) is 24.3 Å². The van der Waals surface area contributed by atoms with Crippen molar-refractivity contribution in [2.75, 3.05) is 0 Å². The summed E-state index contributed by atoms with van der Waals surface area (Å²) in [6, 6.07) is 9.84. The van der Waals surface area contributed by atoms with E-state index in [1.807, 2.05) is 0 Å². The summed E-state index contributed by atoms with van der Waals surface area (Å²) in [6.45, 7) is 16.8. The lowest BCUT2D eigenvalue weighted by Gasteiger charge is -2.50. The summed E-state index contributed by atoms with van der Waals surface area (Å²) in [5, 5.41) is 0. The molecule has 1 nitrogen and oxygen atoms in total. The second-order valence-corrected chi connectivity index (χ2v) is 14.3. The first-order valence-corrected chi connectivity index (χ1v) is 16.3. The number of rotatable bonds is 6. The van der Waals surface area contributed by atoms with E-state index >= 15 is 0 Å². The Morgan fingerprint density at radius 3 is 2.29 bits per heavy atom. The molecule has 0 amide bonds. The molecular weight excluding hydrogens is 478 g/mol. The summed E-state index contributed by atoms with van der Waals surface area (Å²) in [5.41, 5.74) is 9.10. The molecule has 2 aromatic rings. The number of hydrogen-bond acceptors (Lipinski definition) is 1. The third-order valence-corrected chi connectivity index (χ3v) is 11.6. The maximum atomic E-state index is 7.07. The van der Waals surface area contributed by atoms with Gasteiger partial charge in [-0.1, -0.05) is 79.3 Å². The van der Waals surface area contributed by atoms with Crippen LogP contribution in [0, 0.1) is 17.8 Å². The zero-order chi connectivity index (χ0) is 27.4. The Morgan fingerprint density at radius 2 is 1.63 bits per heavy atom. The van der Waals surface area contributed by atoms with Gasteiger partial charge in [-0.2, -0.15) is 0 Å². The van der Waals surface area contributed by atoms with Crippen molar-refractivity contribution in [1.29, 1.82) is 0 Å². The van der Waals surface area contributed by atoms with Gasteiger partial charge in [-0.3, -0.25) is 0 Å². The van der Waals surface area contributed by atoms with Gasteiger partial charge in [0.2, 0.25) is 0 Å². The van der Waals surface area contributed by atoms with Crippen molar-refractivity contribution in [3.05, 3.63) is 57.6 Å². The molecule has 0 bridgehead atoms. The zero-order valence-corrected chi connectivity index (χ0v) is 26.3. The fraction of sp³-hybridized carbons (Fsp3) is 0.657. The van der Waals surface area contributed by atoms with Gasteiger partial charge < -0.3 is 4.74 Å². The van der Waals surface area contributed by atoms with Crippen LogP contribution in [0.1, 0.15) is 126 Å². The van der Waals surface area contributed by atoms with Gasteiger partial charge in [-0.15, -0.1) is 9.24 Å². The number of aryl methyl sites for hydroxylation is 2. The molecule has 1 fully saturated rings. The highest BCUT2D eigenvalue weighted by Gasteiger charge is 2.45. The molecule has 0 spiro atoms. The van der Waals surface area contributed by atoms with Gasteiger partial charge in [0.05, 0.1) is 7.85 Å². The molecule has 0 aromatic heterocycles. The molecule has 38 heavy (non-hydrogen) atoms. The summed E-state index contributed by atoms with van der Waals surface area (Å²) in [7, 11) is 9.67. The average Bonchev–Trinajstić information content (AvgIpc) is 2.88. The molecule has 5 rings (SSSR count). The highest BCUT2D eigenvalue weighted by atomic mass is 31.0. The fourth-order valence-corrected chi connectivity index (χ4v) is 9.12. The molecule has 0 saturated heterocycles. The first-order chi connectivity index (χ1) is 18.0. The smallest absolute Gasteiger partial charge is 0.131 e. The van der Waals surface area contributed by atoms with E-state index < -0.39 is 0 Å². The lowest BCUT2D eigenvalue weighted by molar-refractivity contribution is 0.178.